The zero-order valence-corrected chi connectivity index (χ0v) is 9.45. The van der Waals surface area contributed by atoms with Crippen LogP contribution in [0.15, 0.2) is 18.3 Å². The Balaban J connectivity index is 2.26. The number of fused-ring (bicyclic) bond motifs is 1. The molecule has 0 radical (unpaired) electrons. The SMILES string of the molecule is Cc1c(C(=O)NCCC#N)ccc2[nH]ncc12. The van der Waals surface area contributed by atoms with Gasteiger partial charge in [0.15, 0.2) is 0 Å². The maximum atomic E-state index is 11.9. The fourth-order valence-electron chi connectivity index (χ4n) is 1.73. The van der Waals surface area contributed by atoms with E-state index in [-0.39, 0.29) is 5.91 Å². The number of benzene rings is 1. The Hall–Kier alpha value is -2.35. The Morgan fingerprint density at radius 1 is 1.59 bits per heavy atom. The van der Waals surface area contributed by atoms with Gasteiger partial charge in [-0.3, -0.25) is 9.89 Å². The van der Waals surface area contributed by atoms with Crippen molar-refractivity contribution >= 4 is 16.8 Å². The van der Waals surface area contributed by atoms with Gasteiger partial charge < -0.3 is 5.32 Å². The van der Waals surface area contributed by atoms with Crippen LogP contribution in [-0.4, -0.2) is 22.6 Å². The van der Waals surface area contributed by atoms with Crippen molar-refractivity contribution in [1.82, 2.24) is 15.5 Å². The molecule has 2 rings (SSSR count). The number of nitriles is 1. The Kier molecular flexibility index (Phi) is 3.06. The van der Waals surface area contributed by atoms with Gasteiger partial charge in [0.05, 0.1) is 24.2 Å². The van der Waals surface area contributed by atoms with E-state index >= 15 is 0 Å². The molecule has 86 valence electrons. The minimum absolute atomic E-state index is 0.152. The molecule has 2 aromatic rings. The second-order valence-electron chi connectivity index (χ2n) is 3.73. The molecule has 0 saturated carbocycles. The first kappa shape index (κ1) is 11.1. The lowest BCUT2D eigenvalue weighted by atomic mass is 10.0. The highest BCUT2D eigenvalue weighted by Gasteiger charge is 2.11. The molecule has 0 spiro atoms. The highest BCUT2D eigenvalue weighted by atomic mass is 16.1. The molecule has 17 heavy (non-hydrogen) atoms. The molecule has 0 bridgehead atoms. The van der Waals surface area contributed by atoms with Gasteiger partial charge in [0.25, 0.3) is 5.91 Å². The van der Waals surface area contributed by atoms with E-state index in [4.69, 9.17) is 5.26 Å². The van der Waals surface area contributed by atoms with Crippen LogP contribution in [0.4, 0.5) is 0 Å². The Morgan fingerprint density at radius 2 is 2.41 bits per heavy atom. The fourth-order valence-corrected chi connectivity index (χ4v) is 1.73. The van der Waals surface area contributed by atoms with Crippen molar-refractivity contribution in [2.45, 2.75) is 13.3 Å². The molecule has 0 unspecified atom stereocenters. The van der Waals surface area contributed by atoms with Gasteiger partial charge in [-0.2, -0.15) is 10.4 Å². The van der Waals surface area contributed by atoms with E-state index in [1.54, 1.807) is 12.3 Å². The van der Waals surface area contributed by atoms with E-state index in [1.165, 1.54) is 0 Å². The summed E-state index contributed by atoms with van der Waals surface area (Å²) in [6.45, 7) is 2.26. The molecule has 0 aliphatic rings. The van der Waals surface area contributed by atoms with E-state index in [9.17, 15) is 4.79 Å². The summed E-state index contributed by atoms with van der Waals surface area (Å²) in [5, 5.41) is 18.8. The average Bonchev–Trinajstić information content (AvgIpc) is 2.78. The van der Waals surface area contributed by atoms with Gasteiger partial charge in [-0.15, -0.1) is 0 Å². The van der Waals surface area contributed by atoms with Crippen LogP contribution in [0.5, 0.6) is 0 Å². The summed E-state index contributed by atoms with van der Waals surface area (Å²) in [7, 11) is 0. The maximum Gasteiger partial charge on any atom is 0.251 e. The molecule has 0 aliphatic carbocycles. The lowest BCUT2D eigenvalue weighted by molar-refractivity contribution is 0.0954. The topological polar surface area (TPSA) is 81.6 Å². The Bertz CT molecular complexity index is 594. The number of amides is 1. The lowest BCUT2D eigenvalue weighted by Gasteiger charge is -2.06. The first-order valence-electron chi connectivity index (χ1n) is 5.32. The molecule has 1 amide bonds. The van der Waals surface area contributed by atoms with Crippen molar-refractivity contribution < 1.29 is 4.79 Å². The minimum atomic E-state index is -0.152. The molecule has 0 atom stereocenters. The fraction of sp³-hybridized carbons (Fsp3) is 0.250. The molecule has 1 heterocycles. The van der Waals surface area contributed by atoms with Crippen LogP contribution in [-0.2, 0) is 0 Å². The maximum absolute atomic E-state index is 11.9. The number of nitrogens with zero attached hydrogens (tertiary/aromatic N) is 2. The van der Waals surface area contributed by atoms with Crippen molar-refractivity contribution in [2.24, 2.45) is 0 Å². The summed E-state index contributed by atoms with van der Waals surface area (Å²) in [5.41, 5.74) is 2.43. The van der Waals surface area contributed by atoms with E-state index < -0.39 is 0 Å². The highest BCUT2D eigenvalue weighted by Crippen LogP contribution is 2.19. The summed E-state index contributed by atoms with van der Waals surface area (Å²) < 4.78 is 0. The molecule has 2 N–H and O–H groups in total. The van der Waals surface area contributed by atoms with Crippen molar-refractivity contribution in [3.8, 4) is 6.07 Å². The zero-order chi connectivity index (χ0) is 12.3. The van der Waals surface area contributed by atoms with E-state index in [1.807, 2.05) is 19.1 Å². The molecule has 0 saturated heterocycles. The minimum Gasteiger partial charge on any atom is -0.351 e. The third kappa shape index (κ3) is 2.11. The van der Waals surface area contributed by atoms with E-state index in [0.29, 0.717) is 18.5 Å². The van der Waals surface area contributed by atoms with Crippen LogP contribution in [0.1, 0.15) is 22.3 Å². The van der Waals surface area contributed by atoms with Crippen LogP contribution in [0.2, 0.25) is 0 Å². The number of aromatic amines is 1. The summed E-state index contributed by atoms with van der Waals surface area (Å²) in [4.78, 5) is 11.9. The van der Waals surface area contributed by atoms with Crippen molar-refractivity contribution in [1.29, 1.82) is 5.26 Å². The van der Waals surface area contributed by atoms with Crippen LogP contribution in [0.25, 0.3) is 10.9 Å². The molecule has 5 heteroatoms. The van der Waals surface area contributed by atoms with Gasteiger partial charge in [0.2, 0.25) is 0 Å². The van der Waals surface area contributed by atoms with Crippen molar-refractivity contribution in [3.63, 3.8) is 0 Å². The lowest BCUT2D eigenvalue weighted by Crippen LogP contribution is -2.24. The van der Waals surface area contributed by atoms with Crippen LogP contribution in [0.3, 0.4) is 0 Å². The second kappa shape index (κ2) is 4.66. The predicted molar refractivity (Wildman–Crippen MR) is 63.4 cm³/mol. The van der Waals surface area contributed by atoms with Crippen molar-refractivity contribution in [3.05, 3.63) is 29.5 Å². The van der Waals surface area contributed by atoms with Gasteiger partial charge >= 0.3 is 0 Å². The standard InChI is InChI=1S/C12H12N4O/c1-8-9(12(17)14-6-2-5-13)3-4-11-10(8)7-15-16-11/h3-4,7H,2,6H2,1H3,(H,14,17)(H,15,16). The molecule has 0 fully saturated rings. The number of rotatable bonds is 3. The number of H-pyrrole nitrogens is 1. The molecular weight excluding hydrogens is 216 g/mol. The number of carbonyl (C=O) groups excluding carboxylic acids is 1. The van der Waals surface area contributed by atoms with Crippen molar-refractivity contribution in [2.75, 3.05) is 6.54 Å². The van der Waals surface area contributed by atoms with Gasteiger partial charge in [-0.1, -0.05) is 0 Å². The number of nitrogens with one attached hydrogen (secondary N) is 2. The number of aromatic nitrogens is 2. The third-order valence-electron chi connectivity index (χ3n) is 2.66. The number of hydrogen-bond donors (Lipinski definition) is 2. The Morgan fingerprint density at radius 3 is 3.18 bits per heavy atom. The van der Waals surface area contributed by atoms with Crippen LogP contribution in [0, 0.1) is 18.3 Å². The van der Waals surface area contributed by atoms with Crippen LogP contribution >= 0.6 is 0 Å². The quantitative estimate of drug-likeness (QED) is 0.781. The van der Waals surface area contributed by atoms with Gasteiger partial charge in [-0.25, -0.2) is 0 Å². The molecule has 5 nitrogen and oxygen atoms in total. The predicted octanol–water partition coefficient (Wildman–Crippen LogP) is 1.51. The Labute approximate surface area is 98.4 Å². The van der Waals surface area contributed by atoms with E-state index in [0.717, 1.165) is 16.5 Å². The van der Waals surface area contributed by atoms with Gasteiger partial charge in [-0.05, 0) is 24.6 Å². The van der Waals surface area contributed by atoms with E-state index in [2.05, 4.69) is 15.5 Å². The number of hydrogen-bond acceptors (Lipinski definition) is 3. The average molecular weight is 228 g/mol. The molecule has 0 aliphatic heterocycles. The monoisotopic (exact) mass is 228 g/mol. The first-order chi connectivity index (χ1) is 8.24. The number of carbonyl (C=O) groups is 1. The second-order valence-corrected chi connectivity index (χ2v) is 3.73. The van der Waals surface area contributed by atoms with Gasteiger partial charge in [0, 0.05) is 17.5 Å². The largest absolute Gasteiger partial charge is 0.351 e. The number of aryl methyl sites for hydroxylation is 1. The molecule has 1 aromatic heterocycles. The zero-order valence-electron chi connectivity index (χ0n) is 9.45. The normalized spacial score (nSPS) is 10.1. The summed E-state index contributed by atoms with van der Waals surface area (Å²) in [5.74, 6) is -0.152. The van der Waals surface area contributed by atoms with Crippen LogP contribution < -0.4 is 5.32 Å². The smallest absolute Gasteiger partial charge is 0.251 e. The highest BCUT2D eigenvalue weighted by molar-refractivity contribution is 6.00. The molecular formula is C12H12N4O. The first-order valence-corrected chi connectivity index (χ1v) is 5.32. The summed E-state index contributed by atoms with van der Waals surface area (Å²) in [6, 6.07) is 5.57. The summed E-state index contributed by atoms with van der Waals surface area (Å²) >= 11 is 0. The third-order valence-corrected chi connectivity index (χ3v) is 2.66. The summed E-state index contributed by atoms with van der Waals surface area (Å²) in [6.07, 6.45) is 2.02. The molecule has 1 aromatic carbocycles. The van der Waals surface area contributed by atoms with Gasteiger partial charge in [0.1, 0.15) is 0 Å².